The van der Waals surface area contributed by atoms with E-state index in [0.717, 1.165) is 42.2 Å². The molecule has 0 aliphatic heterocycles. The molecule has 4 nitrogen and oxygen atoms in total. The van der Waals surface area contributed by atoms with Crippen LogP contribution >= 0.6 is 0 Å². The van der Waals surface area contributed by atoms with Gasteiger partial charge >= 0.3 is 0 Å². The van der Waals surface area contributed by atoms with Gasteiger partial charge in [0.1, 0.15) is 5.75 Å². The van der Waals surface area contributed by atoms with E-state index in [-0.39, 0.29) is 0 Å². The average molecular weight is 279 g/mol. The zero-order valence-corrected chi connectivity index (χ0v) is 13.8. The first kappa shape index (κ1) is 16.9. The van der Waals surface area contributed by atoms with E-state index < -0.39 is 0 Å². The summed E-state index contributed by atoms with van der Waals surface area (Å²) in [7, 11) is 3.89. The van der Waals surface area contributed by atoms with E-state index >= 15 is 0 Å². The van der Waals surface area contributed by atoms with Gasteiger partial charge in [-0.25, -0.2) is 0 Å². The Balaban J connectivity index is 2.47. The molecule has 1 rings (SSSR count). The lowest BCUT2D eigenvalue weighted by Crippen LogP contribution is -2.35. The van der Waals surface area contributed by atoms with Crippen molar-refractivity contribution in [3.8, 4) is 5.75 Å². The van der Waals surface area contributed by atoms with Crippen molar-refractivity contribution in [1.82, 2.24) is 15.2 Å². The Morgan fingerprint density at radius 2 is 2.10 bits per heavy atom. The number of nitrogens with zero attached hydrogens (tertiary/aromatic N) is 2. The van der Waals surface area contributed by atoms with Crippen molar-refractivity contribution in [2.24, 2.45) is 0 Å². The molecule has 1 unspecified atom stereocenters. The van der Waals surface area contributed by atoms with Crippen LogP contribution in [-0.2, 0) is 6.54 Å². The summed E-state index contributed by atoms with van der Waals surface area (Å²) in [4.78, 5) is 6.88. The average Bonchev–Trinajstić information content (AvgIpc) is 2.44. The first-order chi connectivity index (χ1) is 9.51. The number of aromatic nitrogens is 1. The fraction of sp³-hybridized carbons (Fsp3) is 0.688. The molecule has 0 saturated heterocycles. The summed E-state index contributed by atoms with van der Waals surface area (Å²) in [6.07, 6.45) is 3.07. The minimum Gasteiger partial charge on any atom is -0.496 e. The molecule has 1 aromatic heterocycles. The summed E-state index contributed by atoms with van der Waals surface area (Å²) in [6, 6.07) is 0.635. The van der Waals surface area contributed by atoms with Gasteiger partial charge in [-0.3, -0.25) is 4.98 Å². The van der Waals surface area contributed by atoms with Crippen LogP contribution in [0.15, 0.2) is 6.20 Å². The molecule has 1 aromatic rings. The number of nitrogens with one attached hydrogen (secondary N) is 1. The standard InChI is InChI=1S/C16H29N3O/c1-7-13(3)19(5)9-8-17-11-15-14(4)16(20-6)12(2)10-18-15/h10,13,17H,7-9,11H2,1-6H3. The van der Waals surface area contributed by atoms with E-state index in [1.807, 2.05) is 13.1 Å². The van der Waals surface area contributed by atoms with Gasteiger partial charge in [0, 0.05) is 43.0 Å². The number of hydrogen-bond acceptors (Lipinski definition) is 4. The summed E-state index contributed by atoms with van der Waals surface area (Å²) in [5.74, 6) is 0.952. The Hall–Kier alpha value is -1.13. The Bertz CT molecular complexity index is 420. The molecule has 0 spiro atoms. The zero-order chi connectivity index (χ0) is 15.1. The van der Waals surface area contributed by atoms with Crippen molar-refractivity contribution in [1.29, 1.82) is 0 Å². The maximum absolute atomic E-state index is 5.43. The SMILES string of the molecule is CCC(C)N(C)CCNCc1ncc(C)c(OC)c1C. The van der Waals surface area contributed by atoms with Crippen LogP contribution in [0.25, 0.3) is 0 Å². The second kappa shape index (κ2) is 8.22. The van der Waals surface area contributed by atoms with Crippen LogP contribution < -0.4 is 10.1 Å². The third kappa shape index (κ3) is 4.46. The maximum Gasteiger partial charge on any atom is 0.128 e. The Morgan fingerprint density at radius 1 is 1.40 bits per heavy atom. The highest BCUT2D eigenvalue weighted by molar-refractivity contribution is 5.40. The van der Waals surface area contributed by atoms with Gasteiger partial charge < -0.3 is 15.0 Å². The monoisotopic (exact) mass is 279 g/mol. The van der Waals surface area contributed by atoms with E-state index in [0.29, 0.717) is 6.04 Å². The number of pyridine rings is 1. The van der Waals surface area contributed by atoms with Crippen LogP contribution in [0.5, 0.6) is 5.75 Å². The summed E-state index contributed by atoms with van der Waals surface area (Å²) in [6.45, 7) is 11.4. The molecule has 0 fully saturated rings. The van der Waals surface area contributed by atoms with Gasteiger partial charge in [-0.05, 0) is 34.2 Å². The smallest absolute Gasteiger partial charge is 0.128 e. The highest BCUT2D eigenvalue weighted by Crippen LogP contribution is 2.23. The molecule has 114 valence electrons. The normalized spacial score (nSPS) is 12.8. The van der Waals surface area contributed by atoms with E-state index in [1.165, 1.54) is 6.42 Å². The Kier molecular flexibility index (Phi) is 6.96. The quantitative estimate of drug-likeness (QED) is 0.742. The van der Waals surface area contributed by atoms with Crippen LogP contribution in [0.1, 0.15) is 37.1 Å². The van der Waals surface area contributed by atoms with Crippen molar-refractivity contribution in [3.63, 3.8) is 0 Å². The molecule has 1 N–H and O–H groups in total. The molecule has 0 radical (unpaired) electrons. The third-order valence-electron chi connectivity index (χ3n) is 4.03. The molecule has 1 atom stereocenters. The van der Waals surface area contributed by atoms with Crippen LogP contribution in [0, 0.1) is 13.8 Å². The van der Waals surface area contributed by atoms with Gasteiger partial charge in [-0.1, -0.05) is 6.92 Å². The minimum atomic E-state index is 0.635. The fourth-order valence-electron chi connectivity index (χ4n) is 2.24. The molecule has 0 bridgehead atoms. The number of rotatable bonds is 8. The van der Waals surface area contributed by atoms with Crippen LogP contribution in [-0.4, -0.2) is 43.2 Å². The van der Waals surface area contributed by atoms with Crippen LogP contribution in [0.4, 0.5) is 0 Å². The van der Waals surface area contributed by atoms with Crippen molar-refractivity contribution >= 4 is 0 Å². The van der Waals surface area contributed by atoms with Crippen molar-refractivity contribution in [2.75, 3.05) is 27.2 Å². The topological polar surface area (TPSA) is 37.4 Å². The minimum absolute atomic E-state index is 0.635. The van der Waals surface area contributed by atoms with Crippen molar-refractivity contribution in [2.45, 2.75) is 46.7 Å². The fourth-order valence-corrected chi connectivity index (χ4v) is 2.24. The summed E-state index contributed by atoms with van der Waals surface area (Å²) < 4.78 is 5.43. The number of ether oxygens (including phenoxy) is 1. The lowest BCUT2D eigenvalue weighted by Gasteiger charge is -2.23. The zero-order valence-electron chi connectivity index (χ0n) is 13.8. The van der Waals surface area contributed by atoms with Gasteiger partial charge in [0.15, 0.2) is 0 Å². The van der Waals surface area contributed by atoms with Gasteiger partial charge in [0.2, 0.25) is 0 Å². The molecule has 0 aliphatic carbocycles. The van der Waals surface area contributed by atoms with E-state index in [2.05, 4.69) is 43.0 Å². The van der Waals surface area contributed by atoms with Crippen molar-refractivity contribution in [3.05, 3.63) is 23.0 Å². The van der Waals surface area contributed by atoms with Gasteiger partial charge in [0.25, 0.3) is 0 Å². The van der Waals surface area contributed by atoms with E-state index in [4.69, 9.17) is 4.74 Å². The van der Waals surface area contributed by atoms with Gasteiger partial charge in [-0.15, -0.1) is 0 Å². The number of methoxy groups -OCH3 is 1. The van der Waals surface area contributed by atoms with Crippen LogP contribution in [0.3, 0.4) is 0 Å². The van der Waals surface area contributed by atoms with Crippen molar-refractivity contribution < 1.29 is 4.74 Å². The molecule has 0 amide bonds. The molecule has 0 aromatic carbocycles. The third-order valence-corrected chi connectivity index (χ3v) is 4.03. The highest BCUT2D eigenvalue weighted by Gasteiger charge is 2.09. The Labute approximate surface area is 123 Å². The summed E-state index contributed by atoms with van der Waals surface area (Å²) in [5.41, 5.74) is 3.29. The second-order valence-electron chi connectivity index (χ2n) is 5.46. The van der Waals surface area contributed by atoms with E-state index in [1.54, 1.807) is 7.11 Å². The summed E-state index contributed by atoms with van der Waals surface area (Å²) >= 11 is 0. The number of likely N-dealkylation sites (N-methyl/N-ethyl adjacent to an activating group) is 1. The van der Waals surface area contributed by atoms with Crippen LogP contribution in [0.2, 0.25) is 0 Å². The molecule has 4 heteroatoms. The predicted octanol–water partition coefficient (Wildman–Crippen LogP) is 2.53. The van der Waals surface area contributed by atoms with Gasteiger partial charge in [-0.2, -0.15) is 0 Å². The molecule has 20 heavy (non-hydrogen) atoms. The molecular formula is C16H29N3O. The molecule has 1 heterocycles. The first-order valence-corrected chi connectivity index (χ1v) is 7.41. The maximum atomic E-state index is 5.43. The molecular weight excluding hydrogens is 250 g/mol. The highest BCUT2D eigenvalue weighted by atomic mass is 16.5. The largest absolute Gasteiger partial charge is 0.496 e. The second-order valence-corrected chi connectivity index (χ2v) is 5.46. The summed E-state index contributed by atoms with van der Waals surface area (Å²) in [5, 5.41) is 3.46. The number of hydrogen-bond donors (Lipinski definition) is 1. The first-order valence-electron chi connectivity index (χ1n) is 7.41. The van der Waals surface area contributed by atoms with E-state index in [9.17, 15) is 0 Å². The lowest BCUT2D eigenvalue weighted by atomic mass is 10.1. The number of aryl methyl sites for hydroxylation is 1. The lowest BCUT2D eigenvalue weighted by molar-refractivity contribution is 0.251. The molecule has 0 aliphatic rings. The molecule has 0 saturated carbocycles. The predicted molar refractivity (Wildman–Crippen MR) is 84.4 cm³/mol. The van der Waals surface area contributed by atoms with Gasteiger partial charge in [0.05, 0.1) is 12.8 Å². The Morgan fingerprint density at radius 3 is 2.70 bits per heavy atom.